The summed E-state index contributed by atoms with van der Waals surface area (Å²) < 4.78 is 0. The maximum Gasteiger partial charge on any atom is 0.152 e. The summed E-state index contributed by atoms with van der Waals surface area (Å²) in [7, 11) is 0. The minimum Gasteiger partial charge on any atom is -0.396 e. The third-order valence-electron chi connectivity index (χ3n) is 1.34. The molecule has 0 atom stereocenters. The molecule has 1 rings (SSSR count). The van der Waals surface area contributed by atoms with Crippen molar-refractivity contribution in [2.24, 2.45) is 5.18 Å². The molecule has 4 nitrogen and oxygen atoms in total. The van der Waals surface area contributed by atoms with E-state index in [9.17, 15) is 9.70 Å². The van der Waals surface area contributed by atoms with Crippen LogP contribution in [0.5, 0.6) is 0 Å². The first-order valence-electron chi connectivity index (χ1n) is 2.96. The molecule has 1 aromatic rings. The van der Waals surface area contributed by atoms with Gasteiger partial charge in [0.15, 0.2) is 6.29 Å². The Bertz CT molecular complexity index is 270. The average molecular weight is 150 g/mol. The Morgan fingerprint density at radius 3 is 2.73 bits per heavy atom. The van der Waals surface area contributed by atoms with Crippen molar-refractivity contribution in [3.8, 4) is 0 Å². The van der Waals surface area contributed by atoms with Gasteiger partial charge in [-0.05, 0) is 17.3 Å². The van der Waals surface area contributed by atoms with Crippen LogP contribution in [0.2, 0.25) is 0 Å². The van der Waals surface area contributed by atoms with E-state index >= 15 is 0 Å². The van der Waals surface area contributed by atoms with Crippen LogP contribution < -0.4 is 5.73 Å². The van der Waals surface area contributed by atoms with Crippen molar-refractivity contribution < 1.29 is 4.79 Å². The zero-order valence-electron chi connectivity index (χ0n) is 5.65. The van der Waals surface area contributed by atoms with Crippen molar-refractivity contribution in [2.45, 2.75) is 0 Å². The van der Waals surface area contributed by atoms with E-state index in [1.54, 1.807) is 6.07 Å². The van der Waals surface area contributed by atoms with Crippen LogP contribution in [-0.4, -0.2) is 6.29 Å². The number of benzene rings is 1. The second-order valence-corrected chi connectivity index (χ2v) is 1.99. The van der Waals surface area contributed by atoms with Gasteiger partial charge in [0.2, 0.25) is 0 Å². The molecule has 1 aromatic carbocycles. The number of carbonyl (C=O) groups excluding carboxylic acids is 1. The average Bonchev–Trinajstić information content (AvgIpc) is 2.05. The molecule has 0 fully saturated rings. The number of anilines is 1. The molecule has 0 bridgehead atoms. The maximum atomic E-state index is 10.3. The Morgan fingerprint density at radius 2 is 2.18 bits per heavy atom. The van der Waals surface area contributed by atoms with Crippen LogP contribution in [0.1, 0.15) is 10.4 Å². The Hall–Kier alpha value is -1.71. The molecule has 56 valence electrons. The molecule has 0 saturated heterocycles. The van der Waals surface area contributed by atoms with Crippen LogP contribution >= 0.6 is 0 Å². The summed E-state index contributed by atoms with van der Waals surface area (Å²) in [4.78, 5) is 20.3. The first-order chi connectivity index (χ1) is 5.29. The van der Waals surface area contributed by atoms with E-state index in [2.05, 4.69) is 5.18 Å². The van der Waals surface area contributed by atoms with E-state index in [1.165, 1.54) is 12.1 Å². The van der Waals surface area contributed by atoms with Crippen LogP contribution in [-0.2, 0) is 0 Å². The molecule has 0 saturated carbocycles. The van der Waals surface area contributed by atoms with Gasteiger partial charge in [0.1, 0.15) is 5.69 Å². The number of nitrogen functional groups attached to an aromatic ring is 1. The Labute approximate surface area is 63.0 Å². The van der Waals surface area contributed by atoms with Gasteiger partial charge in [0.05, 0.1) is 5.69 Å². The number of hydrogen-bond donors (Lipinski definition) is 1. The zero-order chi connectivity index (χ0) is 8.27. The molecule has 0 unspecified atom stereocenters. The maximum absolute atomic E-state index is 10.3. The molecule has 0 aliphatic carbocycles. The summed E-state index contributed by atoms with van der Waals surface area (Å²) in [6.45, 7) is 0. The van der Waals surface area contributed by atoms with Crippen LogP contribution in [0.15, 0.2) is 23.4 Å². The standard InChI is InChI=1S/C7H6N2O2/c8-7-5(4-10)2-1-3-6(7)9-11/h1-4H,8H2. The van der Waals surface area contributed by atoms with Gasteiger partial charge in [0.25, 0.3) is 0 Å². The summed E-state index contributed by atoms with van der Waals surface area (Å²) in [5.41, 5.74) is 5.92. The fourth-order valence-electron chi connectivity index (χ4n) is 0.753. The van der Waals surface area contributed by atoms with Gasteiger partial charge in [-0.25, -0.2) is 0 Å². The Kier molecular flexibility index (Phi) is 1.96. The number of rotatable bonds is 2. The molecule has 0 spiro atoms. The van der Waals surface area contributed by atoms with E-state index in [0.29, 0.717) is 11.8 Å². The van der Waals surface area contributed by atoms with Crippen molar-refractivity contribution in [2.75, 3.05) is 5.73 Å². The van der Waals surface area contributed by atoms with Crippen LogP contribution in [0.3, 0.4) is 0 Å². The van der Waals surface area contributed by atoms with Gasteiger partial charge in [-0.3, -0.25) is 4.79 Å². The quantitative estimate of drug-likeness (QED) is 0.394. The molecule has 2 N–H and O–H groups in total. The van der Waals surface area contributed by atoms with Gasteiger partial charge < -0.3 is 5.73 Å². The summed E-state index contributed by atoms with van der Waals surface area (Å²) in [5, 5.41) is 2.64. The highest BCUT2D eigenvalue weighted by atomic mass is 16.3. The second-order valence-electron chi connectivity index (χ2n) is 1.99. The minimum atomic E-state index is 0.106. The predicted octanol–water partition coefficient (Wildman–Crippen LogP) is 1.48. The lowest BCUT2D eigenvalue weighted by Crippen LogP contribution is -1.91. The lowest BCUT2D eigenvalue weighted by molar-refractivity contribution is 0.112. The van der Waals surface area contributed by atoms with Crippen molar-refractivity contribution in [3.63, 3.8) is 0 Å². The summed E-state index contributed by atoms with van der Waals surface area (Å²) in [5.74, 6) is 0. The van der Waals surface area contributed by atoms with E-state index < -0.39 is 0 Å². The molecular weight excluding hydrogens is 144 g/mol. The fraction of sp³-hybridized carbons (Fsp3) is 0. The minimum absolute atomic E-state index is 0.106. The molecule has 0 aromatic heterocycles. The van der Waals surface area contributed by atoms with Gasteiger partial charge in [-0.2, -0.15) is 0 Å². The molecule has 0 aliphatic rings. The number of para-hydroxylation sites is 1. The molecule has 0 heterocycles. The number of carbonyl (C=O) groups is 1. The smallest absolute Gasteiger partial charge is 0.152 e. The Morgan fingerprint density at radius 1 is 1.45 bits per heavy atom. The largest absolute Gasteiger partial charge is 0.396 e. The van der Waals surface area contributed by atoms with Crippen molar-refractivity contribution in [3.05, 3.63) is 28.7 Å². The van der Waals surface area contributed by atoms with Gasteiger partial charge >= 0.3 is 0 Å². The fourth-order valence-corrected chi connectivity index (χ4v) is 0.753. The van der Waals surface area contributed by atoms with Gasteiger partial charge in [-0.15, -0.1) is 4.91 Å². The second kappa shape index (κ2) is 2.92. The van der Waals surface area contributed by atoms with E-state index in [1.807, 2.05) is 0 Å². The normalized spacial score (nSPS) is 9.09. The molecule has 0 radical (unpaired) electrons. The number of nitrogens with zero attached hydrogens (tertiary/aromatic N) is 1. The highest BCUT2D eigenvalue weighted by Crippen LogP contribution is 2.23. The monoisotopic (exact) mass is 150 g/mol. The number of nitroso groups, excluding NO2 is 1. The van der Waals surface area contributed by atoms with Crippen molar-refractivity contribution in [1.82, 2.24) is 0 Å². The topological polar surface area (TPSA) is 72.5 Å². The third-order valence-corrected chi connectivity index (χ3v) is 1.34. The van der Waals surface area contributed by atoms with E-state index in [4.69, 9.17) is 5.73 Å². The highest BCUT2D eigenvalue weighted by molar-refractivity contribution is 5.87. The summed E-state index contributed by atoms with van der Waals surface area (Å²) in [6.07, 6.45) is 0.587. The summed E-state index contributed by atoms with van der Waals surface area (Å²) >= 11 is 0. The molecule has 4 heteroatoms. The number of aldehydes is 1. The van der Waals surface area contributed by atoms with Crippen LogP contribution in [0.4, 0.5) is 11.4 Å². The lowest BCUT2D eigenvalue weighted by atomic mass is 10.2. The van der Waals surface area contributed by atoms with Crippen molar-refractivity contribution in [1.29, 1.82) is 0 Å². The molecule has 11 heavy (non-hydrogen) atoms. The first kappa shape index (κ1) is 7.40. The zero-order valence-corrected chi connectivity index (χ0v) is 5.65. The van der Waals surface area contributed by atoms with E-state index in [0.717, 1.165) is 0 Å². The third kappa shape index (κ3) is 1.24. The number of nitrogens with two attached hydrogens (primary N) is 1. The lowest BCUT2D eigenvalue weighted by Gasteiger charge is -1.97. The van der Waals surface area contributed by atoms with Crippen molar-refractivity contribution >= 4 is 17.7 Å². The van der Waals surface area contributed by atoms with Crippen LogP contribution in [0, 0.1) is 4.91 Å². The van der Waals surface area contributed by atoms with Gasteiger partial charge in [-0.1, -0.05) is 6.07 Å². The molecule has 0 aliphatic heterocycles. The first-order valence-corrected chi connectivity index (χ1v) is 2.96. The predicted molar refractivity (Wildman–Crippen MR) is 41.7 cm³/mol. The van der Waals surface area contributed by atoms with E-state index in [-0.39, 0.29) is 11.4 Å². The van der Waals surface area contributed by atoms with Crippen LogP contribution in [0.25, 0.3) is 0 Å². The Balaban J connectivity index is 3.30. The number of hydrogen-bond acceptors (Lipinski definition) is 4. The molecule has 0 amide bonds. The van der Waals surface area contributed by atoms with Gasteiger partial charge in [0, 0.05) is 5.56 Å². The summed E-state index contributed by atoms with van der Waals surface area (Å²) in [6, 6.07) is 4.53. The highest BCUT2D eigenvalue weighted by Gasteiger charge is 2.02. The SMILES string of the molecule is Nc1c(C=O)cccc1N=O. The molecular formula is C7H6N2O2.